The fourth-order valence-electron chi connectivity index (χ4n) is 3.30. The predicted molar refractivity (Wildman–Crippen MR) is 59.7 cm³/mol. The highest BCUT2D eigenvalue weighted by atomic mass is 14.9. The number of rotatable bonds is 3. The highest BCUT2D eigenvalue weighted by Crippen LogP contribution is 2.60. The molecule has 1 fully saturated rings. The summed E-state index contributed by atoms with van der Waals surface area (Å²) in [6, 6.07) is 2.24. The summed E-state index contributed by atoms with van der Waals surface area (Å²) in [7, 11) is 0. The van der Waals surface area contributed by atoms with Crippen molar-refractivity contribution in [3.05, 3.63) is 11.6 Å². The Morgan fingerprint density at radius 2 is 2.40 bits per heavy atom. The molecule has 0 heterocycles. The molecule has 2 rings (SSSR count). The molecule has 4 N–H and O–H groups in total. The topological polar surface area (TPSA) is 75.8 Å². The fraction of sp³-hybridized carbons (Fsp3) is 0.750. The van der Waals surface area contributed by atoms with Crippen LogP contribution in [0.15, 0.2) is 11.6 Å². The molecule has 15 heavy (non-hydrogen) atoms. The van der Waals surface area contributed by atoms with Gasteiger partial charge in [-0.1, -0.05) is 18.6 Å². The van der Waals surface area contributed by atoms with E-state index in [2.05, 4.69) is 19.1 Å². The average Bonchev–Trinajstić information content (AvgIpc) is 2.50. The Kier molecular flexibility index (Phi) is 2.37. The lowest BCUT2D eigenvalue weighted by atomic mass is 9.49. The molecule has 82 valence electrons. The van der Waals surface area contributed by atoms with E-state index in [1.807, 2.05) is 0 Å². The molecule has 2 aliphatic rings. The molecule has 3 heteroatoms. The summed E-state index contributed by atoms with van der Waals surface area (Å²) < 4.78 is 0. The molecule has 0 amide bonds. The lowest BCUT2D eigenvalue weighted by Crippen LogP contribution is -2.69. The van der Waals surface area contributed by atoms with Crippen molar-refractivity contribution in [1.82, 2.24) is 0 Å². The fourth-order valence-corrected chi connectivity index (χ4v) is 3.30. The molecular formula is C12H19N3. The Hall–Kier alpha value is -0.850. The van der Waals surface area contributed by atoms with Crippen LogP contribution in [0.5, 0.6) is 0 Å². The number of hydrogen-bond donors (Lipinski definition) is 2. The Labute approximate surface area is 91.1 Å². The van der Waals surface area contributed by atoms with Crippen molar-refractivity contribution in [2.24, 2.45) is 22.8 Å². The van der Waals surface area contributed by atoms with Gasteiger partial charge in [-0.05, 0) is 25.2 Å². The highest BCUT2D eigenvalue weighted by Gasteiger charge is 2.63. The number of hydrogen-bond acceptors (Lipinski definition) is 3. The van der Waals surface area contributed by atoms with E-state index in [4.69, 9.17) is 16.7 Å². The van der Waals surface area contributed by atoms with Crippen LogP contribution in [-0.4, -0.2) is 12.1 Å². The molecule has 0 saturated heterocycles. The maximum atomic E-state index is 8.87. The largest absolute Gasteiger partial charge is 0.330 e. The number of nitriles is 1. The third-order valence-electron chi connectivity index (χ3n) is 4.45. The number of nitrogens with zero attached hydrogens (tertiary/aromatic N) is 1. The zero-order valence-electron chi connectivity index (χ0n) is 9.29. The second kappa shape index (κ2) is 3.33. The predicted octanol–water partition coefficient (Wildman–Crippen LogP) is 1.30. The SMILES string of the molecule is CCC1=CC2(N)C(C1)CC2(CN)CC#N. The first kappa shape index (κ1) is 10.7. The standard InChI is InChI=1S/C12H19N3/c1-2-9-5-10-7-11(8-14,3-4-13)12(10,15)6-9/h6,10H,2-3,5,7-8,14-15H2,1H3. The van der Waals surface area contributed by atoms with Gasteiger partial charge in [-0.2, -0.15) is 5.26 Å². The van der Waals surface area contributed by atoms with E-state index in [1.54, 1.807) is 0 Å². The summed E-state index contributed by atoms with van der Waals surface area (Å²) in [5.74, 6) is 0.532. The van der Waals surface area contributed by atoms with Gasteiger partial charge >= 0.3 is 0 Å². The Bertz CT molecular complexity index is 341. The van der Waals surface area contributed by atoms with Crippen molar-refractivity contribution in [2.45, 2.75) is 38.1 Å². The second-order valence-electron chi connectivity index (χ2n) is 5.01. The number of nitrogens with two attached hydrogens (primary N) is 2. The molecule has 1 saturated carbocycles. The summed E-state index contributed by atoms with van der Waals surface area (Å²) in [6.45, 7) is 2.69. The first-order chi connectivity index (χ1) is 7.12. The monoisotopic (exact) mass is 205 g/mol. The molecule has 0 aromatic carbocycles. The molecule has 0 bridgehead atoms. The van der Waals surface area contributed by atoms with Crippen LogP contribution in [0, 0.1) is 22.7 Å². The van der Waals surface area contributed by atoms with Gasteiger partial charge in [0.05, 0.1) is 6.07 Å². The van der Waals surface area contributed by atoms with Crippen molar-refractivity contribution in [2.75, 3.05) is 6.54 Å². The van der Waals surface area contributed by atoms with Gasteiger partial charge in [0.25, 0.3) is 0 Å². The molecule has 0 aliphatic heterocycles. The summed E-state index contributed by atoms with van der Waals surface area (Å²) >= 11 is 0. The minimum Gasteiger partial charge on any atom is -0.330 e. The van der Waals surface area contributed by atoms with Crippen LogP contribution in [0.1, 0.15) is 32.6 Å². The highest BCUT2D eigenvalue weighted by molar-refractivity contribution is 5.36. The van der Waals surface area contributed by atoms with Gasteiger partial charge in [0.2, 0.25) is 0 Å². The third-order valence-corrected chi connectivity index (χ3v) is 4.45. The maximum Gasteiger partial charge on any atom is 0.0628 e. The molecule has 0 radical (unpaired) electrons. The van der Waals surface area contributed by atoms with Crippen molar-refractivity contribution >= 4 is 0 Å². The van der Waals surface area contributed by atoms with Crippen LogP contribution in [-0.2, 0) is 0 Å². The van der Waals surface area contributed by atoms with E-state index in [0.29, 0.717) is 18.9 Å². The lowest BCUT2D eigenvalue weighted by Gasteiger charge is -2.58. The van der Waals surface area contributed by atoms with Gasteiger partial charge in [-0.3, -0.25) is 0 Å². The summed E-state index contributed by atoms with van der Waals surface area (Å²) in [5, 5.41) is 8.87. The zero-order chi connectivity index (χ0) is 11.1. The van der Waals surface area contributed by atoms with Crippen LogP contribution >= 0.6 is 0 Å². The van der Waals surface area contributed by atoms with E-state index in [9.17, 15) is 0 Å². The molecule has 0 aromatic heterocycles. The number of allylic oxidation sites excluding steroid dienone is 1. The zero-order valence-corrected chi connectivity index (χ0v) is 9.29. The average molecular weight is 205 g/mol. The first-order valence-electron chi connectivity index (χ1n) is 5.68. The summed E-state index contributed by atoms with van der Waals surface area (Å²) in [5.41, 5.74) is 13.3. The molecule has 0 spiro atoms. The van der Waals surface area contributed by atoms with Crippen LogP contribution in [0.3, 0.4) is 0 Å². The molecule has 3 unspecified atom stereocenters. The smallest absolute Gasteiger partial charge is 0.0628 e. The number of fused-ring (bicyclic) bond motifs is 1. The van der Waals surface area contributed by atoms with Gasteiger partial charge in [-0.15, -0.1) is 0 Å². The van der Waals surface area contributed by atoms with Crippen molar-refractivity contribution in [3.63, 3.8) is 0 Å². The molecule has 2 aliphatic carbocycles. The van der Waals surface area contributed by atoms with Gasteiger partial charge in [-0.25, -0.2) is 0 Å². The van der Waals surface area contributed by atoms with Gasteiger partial charge in [0.15, 0.2) is 0 Å². The van der Waals surface area contributed by atoms with Crippen molar-refractivity contribution in [3.8, 4) is 6.07 Å². The summed E-state index contributed by atoms with van der Waals surface area (Å²) in [4.78, 5) is 0. The minimum absolute atomic E-state index is 0.149. The second-order valence-corrected chi connectivity index (χ2v) is 5.01. The normalized spacial score (nSPS) is 42.8. The van der Waals surface area contributed by atoms with E-state index >= 15 is 0 Å². The molecule has 3 nitrogen and oxygen atoms in total. The molecule has 0 aromatic rings. The Morgan fingerprint density at radius 1 is 1.67 bits per heavy atom. The van der Waals surface area contributed by atoms with Gasteiger partial charge < -0.3 is 11.5 Å². The Balaban J connectivity index is 2.27. The molecule has 3 atom stereocenters. The van der Waals surface area contributed by atoms with Crippen LogP contribution in [0.25, 0.3) is 0 Å². The first-order valence-corrected chi connectivity index (χ1v) is 5.68. The maximum absolute atomic E-state index is 8.87. The van der Waals surface area contributed by atoms with E-state index in [-0.39, 0.29) is 11.0 Å². The van der Waals surface area contributed by atoms with Crippen molar-refractivity contribution in [1.29, 1.82) is 5.26 Å². The summed E-state index contributed by atoms with van der Waals surface area (Å²) in [6.07, 6.45) is 5.89. The van der Waals surface area contributed by atoms with Crippen LogP contribution in [0.2, 0.25) is 0 Å². The lowest BCUT2D eigenvalue weighted by molar-refractivity contribution is -0.0161. The van der Waals surface area contributed by atoms with E-state index < -0.39 is 0 Å². The quantitative estimate of drug-likeness (QED) is 0.682. The van der Waals surface area contributed by atoms with Crippen LogP contribution < -0.4 is 11.5 Å². The third kappa shape index (κ3) is 1.18. The van der Waals surface area contributed by atoms with Gasteiger partial charge in [0.1, 0.15) is 0 Å². The van der Waals surface area contributed by atoms with E-state index in [1.165, 1.54) is 5.57 Å². The van der Waals surface area contributed by atoms with Crippen molar-refractivity contribution < 1.29 is 0 Å². The van der Waals surface area contributed by atoms with Gasteiger partial charge in [0, 0.05) is 23.9 Å². The Morgan fingerprint density at radius 3 is 2.93 bits per heavy atom. The van der Waals surface area contributed by atoms with Crippen LogP contribution in [0.4, 0.5) is 0 Å². The minimum atomic E-state index is -0.289. The molecular weight excluding hydrogens is 186 g/mol. The van der Waals surface area contributed by atoms with E-state index in [0.717, 1.165) is 19.3 Å².